The Kier molecular flexibility index (Phi) is 19.5. The molecule has 0 N–H and O–H groups in total. The second kappa shape index (κ2) is 24.7. The van der Waals surface area contributed by atoms with E-state index >= 15 is 0 Å². The van der Waals surface area contributed by atoms with Crippen LogP contribution in [0.3, 0.4) is 0 Å². The number of para-hydroxylation sites is 1. The molecule has 7 aromatic carbocycles. The summed E-state index contributed by atoms with van der Waals surface area (Å²) in [6.45, 7) is 20.3. The normalized spacial score (nSPS) is 11.6. The van der Waals surface area contributed by atoms with Gasteiger partial charge >= 0.3 is 27.9 Å². The van der Waals surface area contributed by atoms with E-state index in [0.717, 1.165) is 17.1 Å². The van der Waals surface area contributed by atoms with Crippen LogP contribution in [-0.2, 0) is 13.7 Å². The van der Waals surface area contributed by atoms with Crippen molar-refractivity contribution in [2.24, 2.45) is 4.74 Å². The van der Waals surface area contributed by atoms with Crippen LogP contribution < -0.4 is 26.5 Å². The second-order valence-corrected chi connectivity index (χ2v) is 22.3. The third kappa shape index (κ3) is 12.9. The van der Waals surface area contributed by atoms with Gasteiger partial charge in [0.15, 0.2) is 0 Å². The summed E-state index contributed by atoms with van der Waals surface area (Å²) in [6.07, 6.45) is 0. The van der Waals surface area contributed by atoms with Crippen molar-refractivity contribution < 1.29 is 13.7 Å². The first kappa shape index (κ1) is 49.7. The van der Waals surface area contributed by atoms with Crippen molar-refractivity contribution in [3.8, 4) is 0 Å². The molecule has 0 bridgehead atoms. The number of benzene rings is 7. The first-order chi connectivity index (χ1) is 30.5. The van der Waals surface area contributed by atoms with Gasteiger partial charge in [0.1, 0.15) is 15.9 Å². The summed E-state index contributed by atoms with van der Waals surface area (Å²) in [5.74, 6) is 3.89. The molecule has 0 saturated heterocycles. The molecule has 0 aromatic heterocycles. The van der Waals surface area contributed by atoms with Gasteiger partial charge in [0, 0.05) is 0 Å². The average Bonchev–Trinajstić information content (AvgIpc) is 3.31. The molecule has 0 aliphatic carbocycles. The Labute approximate surface area is 396 Å². The molecule has 0 spiro atoms. The summed E-state index contributed by atoms with van der Waals surface area (Å²) in [7, 11) is -3.33. The number of rotatable bonds is 13. The predicted octanol–water partition coefficient (Wildman–Crippen LogP) is 16.3. The van der Waals surface area contributed by atoms with E-state index in [9.17, 15) is 0 Å². The zero-order chi connectivity index (χ0) is 45.4. The second-order valence-electron chi connectivity index (χ2n) is 17.0. The maximum absolute atomic E-state index is 5.94. The molecule has 2 nitrogen and oxygen atoms in total. The largest absolute Gasteiger partial charge is 0.102 e. The average molecular weight is 978 g/mol. The van der Waals surface area contributed by atoms with Crippen LogP contribution in [0.1, 0.15) is 108 Å². The molecule has 0 fully saturated rings. The summed E-state index contributed by atoms with van der Waals surface area (Å²) in [5, 5.41) is 12.2. The van der Waals surface area contributed by atoms with E-state index in [2.05, 4.69) is 284 Å². The number of nitrogens with zero attached hydrogens (tertiary/aromatic N) is 2. The van der Waals surface area contributed by atoms with Gasteiger partial charge in [-0.15, -0.1) is 5.69 Å². The molecule has 0 aliphatic rings. The van der Waals surface area contributed by atoms with Crippen LogP contribution in [0.4, 0.5) is 11.4 Å². The number of hydrogen-bond acceptors (Lipinski definition) is 1. The Morgan fingerprint density at radius 1 is 0.460 bits per heavy atom. The van der Waals surface area contributed by atoms with E-state index in [-0.39, 0.29) is 0 Å². The summed E-state index contributed by atoms with van der Waals surface area (Å²) < 4.78 is 5.94. The minimum Gasteiger partial charge on any atom is -0.0620 e. The van der Waals surface area contributed by atoms with Gasteiger partial charge < -0.3 is 5.32 Å². The molecular formula is C57H64BrN2NiP2. The zero-order valence-electron chi connectivity index (χ0n) is 38.3. The first-order valence-electron chi connectivity index (χ1n) is 22.0. The third-order valence-electron chi connectivity index (χ3n) is 11.1. The fraction of sp³-hybridized carbons (Fsp3) is 0.228. The molecule has 7 aromatic rings. The number of halogens is 1. The van der Waals surface area contributed by atoms with E-state index in [1.807, 2.05) is 0 Å². The minimum atomic E-state index is -2.46. The van der Waals surface area contributed by atoms with Crippen molar-refractivity contribution in [2.75, 3.05) is 0 Å². The molecule has 0 amide bonds. The molecule has 6 heteroatoms. The van der Waals surface area contributed by atoms with E-state index in [0.29, 0.717) is 23.7 Å². The van der Waals surface area contributed by atoms with Gasteiger partial charge in [0.05, 0.1) is 20.7 Å². The van der Waals surface area contributed by atoms with Crippen LogP contribution >= 0.6 is 29.2 Å². The molecule has 0 atom stereocenters. The van der Waals surface area contributed by atoms with Gasteiger partial charge in [-0.05, 0) is 81.8 Å². The van der Waals surface area contributed by atoms with Gasteiger partial charge in [-0.1, -0.05) is 231 Å². The van der Waals surface area contributed by atoms with Crippen LogP contribution in [0, 0.1) is 0 Å². The van der Waals surface area contributed by atoms with Gasteiger partial charge in [-0.3, -0.25) is 4.74 Å². The Morgan fingerprint density at radius 2 is 0.762 bits per heavy atom. The molecule has 63 heavy (non-hydrogen) atoms. The van der Waals surface area contributed by atoms with Gasteiger partial charge in [0.25, 0.3) is 0 Å². The van der Waals surface area contributed by atoms with Crippen LogP contribution in [0.2, 0.25) is 0 Å². The van der Waals surface area contributed by atoms with Crippen LogP contribution in [-0.4, -0.2) is 0 Å². The van der Waals surface area contributed by atoms with Crippen LogP contribution in [0.15, 0.2) is 204 Å². The maximum atomic E-state index is 5.94. The van der Waals surface area contributed by atoms with Gasteiger partial charge in [-0.25, -0.2) is 0 Å². The molecule has 0 unspecified atom stereocenters. The van der Waals surface area contributed by atoms with Gasteiger partial charge in [0.2, 0.25) is 0 Å². The van der Waals surface area contributed by atoms with Crippen molar-refractivity contribution >= 4 is 67.1 Å². The first-order valence-corrected chi connectivity index (χ1v) is 27.8. The predicted molar refractivity (Wildman–Crippen MR) is 283 cm³/mol. The molecule has 0 radical (unpaired) electrons. The van der Waals surface area contributed by atoms with Crippen molar-refractivity contribution in [1.29, 1.82) is 0 Å². The van der Waals surface area contributed by atoms with E-state index in [1.165, 1.54) is 48.8 Å². The monoisotopic (exact) mass is 975 g/mol. The fourth-order valence-electron chi connectivity index (χ4n) is 7.97. The number of hydrogen-bond donors (Lipinski definition) is 0. The third-order valence-corrected chi connectivity index (χ3v) is 17.3. The molecule has 0 saturated carbocycles. The quantitative estimate of drug-likeness (QED) is 0.0813. The standard InChI is InChI=1S/C39H48N2P.C18H15P.BrH.Ni/c1-27(2)34-22-16-23-35(28(3)4)38(34)40-31(9)26-42(32-18-12-10-13-19-32,33-20-14-11-15-21-33)41-39-36(29(5)6)24-17-25-37(39)30(7)8;1-4-10-16(11-5-1)19(17-12-6-2-7-13-17)18-14-8-3-9-15-18;;/h10-30H,1-9H3;1-15H;1H;/q-1;;;+1/b31-26-;;;. The van der Waals surface area contributed by atoms with E-state index < -0.39 is 15.0 Å². The fourth-order valence-corrected chi connectivity index (χ4v) is 13.8. The molecule has 7 rings (SSSR count). The van der Waals surface area contributed by atoms with Crippen molar-refractivity contribution in [1.82, 2.24) is 0 Å². The Morgan fingerprint density at radius 3 is 1.08 bits per heavy atom. The summed E-state index contributed by atoms with van der Waals surface area (Å²) in [5.41, 5.74) is 8.44. The van der Waals surface area contributed by atoms with Gasteiger partial charge in [-0.2, -0.15) is 5.70 Å². The number of allylic oxidation sites excluding steroid dienone is 1. The zero-order valence-corrected chi connectivity index (χ0v) is 42.8. The minimum absolute atomic E-state index is 0.358. The topological polar surface area (TPSA) is 26.5 Å². The molecule has 329 valence electrons. The van der Waals surface area contributed by atoms with Crippen LogP contribution in [0.5, 0.6) is 0 Å². The van der Waals surface area contributed by atoms with Crippen molar-refractivity contribution in [3.63, 3.8) is 0 Å². The maximum Gasteiger partial charge on any atom is 0.102 e. The molecule has 0 heterocycles. The molecular weight excluding hydrogens is 913 g/mol. The summed E-state index contributed by atoms with van der Waals surface area (Å²) >= 11 is 6.25. The summed E-state index contributed by atoms with van der Waals surface area (Å²) in [4.78, 5) is 0. The Bertz CT molecular complexity index is 2330. The van der Waals surface area contributed by atoms with E-state index in [4.69, 9.17) is 10.1 Å². The molecule has 0 aliphatic heterocycles. The summed E-state index contributed by atoms with van der Waals surface area (Å²) in [6, 6.07) is 67.6. The SMILES string of the molecule is C/C(=C/P(=Nc1c(C(C)C)cccc1C(C)C)(c1ccccc1)c1ccccc1)[N-]c1c(C(C)C)cccc1C(C)C.[Ni][Br].c1ccc([PH+](c2ccccc2)c2ccccc2)cc1. The van der Waals surface area contributed by atoms with E-state index in [1.54, 1.807) is 0 Å². The van der Waals surface area contributed by atoms with Crippen molar-refractivity contribution in [2.45, 2.75) is 86.0 Å². The van der Waals surface area contributed by atoms with Crippen molar-refractivity contribution in [3.05, 3.63) is 227 Å². The Balaban J connectivity index is 0.000000294. The smallest absolute Gasteiger partial charge is 0.0620 e. The Hall–Kier alpha value is -4.29. The van der Waals surface area contributed by atoms with Crippen LogP contribution in [0.25, 0.3) is 5.32 Å².